The van der Waals surface area contributed by atoms with Crippen molar-refractivity contribution in [3.05, 3.63) is 36.9 Å². The molecule has 23 heteroatoms. The SMILES string of the molecule is CC(C)(C)OC(=O)N1CCN(c2cnn(C3=CC4CN(C3)C(=O)N4OS(=O)(=O)ON3C(=O)N4CC(n5cc(N6CCN(C(=O)OC(C)(C)C)CC6)cn5)=CC3C4)c2)CC1. The number of aromatic nitrogens is 4. The van der Waals surface area contributed by atoms with Crippen molar-refractivity contribution < 1.29 is 45.6 Å². The van der Waals surface area contributed by atoms with Crippen LogP contribution in [0.3, 0.4) is 0 Å². The second kappa shape index (κ2) is 14.9. The Bertz CT molecular complexity index is 2010. The quantitative estimate of drug-likeness (QED) is 0.373. The van der Waals surface area contributed by atoms with E-state index in [0.717, 1.165) is 21.5 Å². The first-order chi connectivity index (χ1) is 27.8. The smallest absolute Gasteiger partial charge is 0.442 e. The molecule has 0 radical (unpaired) electrons. The van der Waals surface area contributed by atoms with Gasteiger partial charge in [-0.25, -0.2) is 28.5 Å². The molecular formula is C36H50N12O10S. The Balaban J connectivity index is 0.868. The molecule has 0 aliphatic carbocycles. The number of rotatable bonds is 8. The molecule has 0 saturated carbocycles. The number of carbonyl (C=O) groups is 4. The van der Waals surface area contributed by atoms with Crippen molar-refractivity contribution in [2.75, 3.05) is 88.3 Å². The number of piperazine rings is 2. The van der Waals surface area contributed by atoms with Gasteiger partial charge in [-0.2, -0.15) is 28.7 Å². The van der Waals surface area contributed by atoms with E-state index in [-0.39, 0.29) is 38.4 Å². The van der Waals surface area contributed by atoms with Crippen LogP contribution < -0.4 is 9.80 Å². The monoisotopic (exact) mass is 842 g/mol. The molecule has 4 saturated heterocycles. The molecule has 2 aromatic rings. The van der Waals surface area contributed by atoms with E-state index in [1.165, 1.54) is 9.80 Å². The summed E-state index contributed by atoms with van der Waals surface area (Å²) in [4.78, 5) is 62.1. The fourth-order valence-electron chi connectivity index (χ4n) is 7.66. The molecule has 22 nitrogen and oxygen atoms in total. The molecule has 2 unspecified atom stereocenters. The average Bonchev–Trinajstić information content (AvgIpc) is 3.95. The first-order valence-electron chi connectivity index (χ1n) is 19.6. The van der Waals surface area contributed by atoms with Crippen molar-refractivity contribution in [2.24, 2.45) is 0 Å². The molecule has 59 heavy (non-hydrogen) atoms. The van der Waals surface area contributed by atoms with Gasteiger partial charge in [0.05, 0.1) is 60.6 Å². The molecule has 6 amide bonds. The second-order valence-electron chi connectivity index (χ2n) is 17.2. The largest absolute Gasteiger partial charge is 0.444 e. The van der Waals surface area contributed by atoms with E-state index in [1.54, 1.807) is 43.7 Å². The van der Waals surface area contributed by atoms with Gasteiger partial charge in [0, 0.05) is 65.4 Å². The number of fused-ring (bicyclic) bond motifs is 4. The number of urea groups is 2. The van der Waals surface area contributed by atoms with Gasteiger partial charge in [0.2, 0.25) is 0 Å². The van der Waals surface area contributed by atoms with Gasteiger partial charge in [-0.05, 0) is 53.7 Å². The Morgan fingerprint density at radius 2 is 0.983 bits per heavy atom. The lowest BCUT2D eigenvalue weighted by atomic mass is 10.2. The topological polar surface area (TPSA) is 201 Å². The van der Waals surface area contributed by atoms with Crippen LogP contribution in [0.4, 0.5) is 30.6 Å². The number of hydroxylamine groups is 4. The van der Waals surface area contributed by atoms with Crippen molar-refractivity contribution in [3.63, 3.8) is 0 Å². The highest BCUT2D eigenvalue weighted by Crippen LogP contribution is 2.32. The Morgan fingerprint density at radius 3 is 1.34 bits per heavy atom. The molecule has 6 aliphatic rings. The summed E-state index contributed by atoms with van der Waals surface area (Å²) >= 11 is 0. The van der Waals surface area contributed by atoms with Gasteiger partial charge in [0.1, 0.15) is 23.3 Å². The number of hydrogen-bond donors (Lipinski definition) is 0. The summed E-state index contributed by atoms with van der Waals surface area (Å²) in [6.45, 7) is 15.9. The summed E-state index contributed by atoms with van der Waals surface area (Å²) in [5.41, 5.74) is 1.77. The number of hydrogen-bond acceptors (Lipinski definition) is 14. The van der Waals surface area contributed by atoms with Crippen LogP contribution >= 0.6 is 0 Å². The molecule has 0 N–H and O–H groups in total. The summed E-state index contributed by atoms with van der Waals surface area (Å²) in [7, 11) is -4.95. The van der Waals surface area contributed by atoms with Crippen LogP contribution in [-0.4, -0.2) is 184 Å². The number of ether oxygens (including phenoxy) is 2. The van der Waals surface area contributed by atoms with Crippen LogP contribution in [0.5, 0.6) is 0 Å². The van der Waals surface area contributed by atoms with E-state index in [9.17, 15) is 27.6 Å². The molecule has 0 aromatic carbocycles. The fourth-order valence-corrected chi connectivity index (χ4v) is 8.43. The first kappa shape index (κ1) is 40.2. The highest BCUT2D eigenvalue weighted by atomic mass is 32.3. The van der Waals surface area contributed by atoms with Crippen molar-refractivity contribution in [1.82, 2.24) is 49.3 Å². The zero-order chi connectivity index (χ0) is 42.0. The highest BCUT2D eigenvalue weighted by molar-refractivity contribution is 7.81. The fraction of sp³-hybridized carbons (Fsp3) is 0.611. The zero-order valence-electron chi connectivity index (χ0n) is 34.0. The predicted octanol–water partition coefficient (Wildman–Crippen LogP) is 1.92. The molecule has 8 rings (SSSR count). The molecule has 8 heterocycles. The minimum absolute atomic E-state index is 0.149. The van der Waals surface area contributed by atoms with Crippen molar-refractivity contribution in [2.45, 2.75) is 64.8 Å². The van der Waals surface area contributed by atoms with Crippen molar-refractivity contribution >= 4 is 57.4 Å². The predicted molar refractivity (Wildman–Crippen MR) is 209 cm³/mol. The summed E-state index contributed by atoms with van der Waals surface area (Å²) < 4.78 is 51.4. The minimum atomic E-state index is -4.95. The van der Waals surface area contributed by atoms with Crippen LogP contribution in [0.25, 0.3) is 11.4 Å². The summed E-state index contributed by atoms with van der Waals surface area (Å²) in [6, 6.07) is -2.94. The minimum Gasteiger partial charge on any atom is -0.444 e. The highest BCUT2D eigenvalue weighted by Gasteiger charge is 2.48. The lowest BCUT2D eigenvalue weighted by Gasteiger charge is -2.36. The Labute approximate surface area is 341 Å². The summed E-state index contributed by atoms with van der Waals surface area (Å²) in [6.07, 6.45) is 9.77. The van der Waals surface area contributed by atoms with Gasteiger partial charge in [-0.15, -0.1) is 8.57 Å². The summed E-state index contributed by atoms with van der Waals surface area (Å²) in [5.74, 6) is 0. The third kappa shape index (κ3) is 8.62. The maximum Gasteiger partial charge on any atom is 0.442 e. The van der Waals surface area contributed by atoms with Crippen LogP contribution in [0.2, 0.25) is 0 Å². The van der Waals surface area contributed by atoms with Crippen molar-refractivity contribution in [3.8, 4) is 0 Å². The third-order valence-electron chi connectivity index (χ3n) is 10.5. The Kier molecular flexibility index (Phi) is 10.2. The molecular weight excluding hydrogens is 793 g/mol. The second-order valence-corrected chi connectivity index (χ2v) is 18.3. The first-order valence-corrected chi connectivity index (χ1v) is 20.9. The molecule has 2 atom stereocenters. The van der Waals surface area contributed by atoms with Crippen LogP contribution in [0, 0.1) is 0 Å². The lowest BCUT2D eigenvalue weighted by Crippen LogP contribution is -2.50. The normalized spacial score (nSPS) is 22.7. The Hall–Kier alpha value is -5.55. The number of carbonyl (C=O) groups excluding carboxylic acids is 4. The average molecular weight is 843 g/mol. The van der Waals surface area contributed by atoms with E-state index in [1.807, 2.05) is 53.9 Å². The molecule has 2 aromatic heterocycles. The van der Waals surface area contributed by atoms with E-state index < -0.39 is 45.7 Å². The molecule has 6 aliphatic heterocycles. The summed E-state index contributed by atoms with van der Waals surface area (Å²) in [5, 5.41) is 10.5. The molecule has 4 fully saturated rings. The van der Waals surface area contributed by atoms with Gasteiger partial charge >= 0.3 is 34.6 Å². The van der Waals surface area contributed by atoms with Gasteiger partial charge in [-0.1, -0.05) is 0 Å². The molecule has 320 valence electrons. The van der Waals surface area contributed by atoms with Gasteiger partial charge in [-0.3, -0.25) is 0 Å². The lowest BCUT2D eigenvalue weighted by molar-refractivity contribution is -0.0723. The van der Waals surface area contributed by atoms with E-state index in [4.69, 9.17) is 18.0 Å². The number of anilines is 2. The van der Waals surface area contributed by atoms with E-state index in [2.05, 4.69) is 20.0 Å². The Morgan fingerprint density at radius 1 is 0.610 bits per heavy atom. The van der Waals surface area contributed by atoms with Gasteiger partial charge in [0.25, 0.3) is 0 Å². The van der Waals surface area contributed by atoms with Crippen LogP contribution in [0.15, 0.2) is 36.9 Å². The third-order valence-corrected chi connectivity index (χ3v) is 11.2. The van der Waals surface area contributed by atoms with Crippen molar-refractivity contribution in [1.29, 1.82) is 0 Å². The van der Waals surface area contributed by atoms with Crippen LogP contribution in [0.1, 0.15) is 41.5 Å². The van der Waals surface area contributed by atoms with E-state index >= 15 is 0 Å². The molecule has 0 spiro atoms. The van der Waals surface area contributed by atoms with Gasteiger partial charge in [0.15, 0.2) is 0 Å². The zero-order valence-corrected chi connectivity index (χ0v) is 34.8. The van der Waals surface area contributed by atoms with Crippen LogP contribution in [-0.2, 0) is 28.4 Å². The number of nitrogens with zero attached hydrogens (tertiary/aromatic N) is 12. The van der Waals surface area contributed by atoms with E-state index in [0.29, 0.717) is 63.8 Å². The maximum atomic E-state index is 13.3. The standard InChI is InChI=1S/C36H50N12O10S/c1-35(2,3)55-33(51)41-11-7-39(8-12-41)29-17-37-45(23-29)25-15-27-21-43(19-25)31(49)47(27)57-59(53,54)58-48-28-16-26(20-44(22-28)32(48)50)46-24-30(18-38-46)40-9-13-42(14-10-40)34(52)56-36(4,5)6/h15-18,23-24,27-28H,7-14,19-22H2,1-6H3. The maximum absolute atomic E-state index is 13.3. The van der Waals surface area contributed by atoms with Gasteiger partial charge < -0.3 is 38.9 Å². The molecule has 4 bridgehead atoms. The number of amides is 6.